The summed E-state index contributed by atoms with van der Waals surface area (Å²) in [5.41, 5.74) is 2.26. The summed E-state index contributed by atoms with van der Waals surface area (Å²) in [5, 5.41) is 0. The molecular weight excluding hydrogens is 264 g/mol. The van der Waals surface area contributed by atoms with Gasteiger partial charge in [0.15, 0.2) is 5.69 Å². The molecule has 4 heteroatoms. The van der Waals surface area contributed by atoms with E-state index in [9.17, 15) is 4.79 Å². The van der Waals surface area contributed by atoms with Crippen molar-refractivity contribution in [2.45, 2.75) is 58.0 Å². The Morgan fingerprint density at radius 3 is 2.62 bits per heavy atom. The Bertz CT molecular complexity index is 625. The molecule has 1 aliphatic rings. The lowest BCUT2D eigenvalue weighted by Gasteiger charge is -2.19. The van der Waals surface area contributed by atoms with Gasteiger partial charge in [0.2, 0.25) is 0 Å². The molecule has 1 aliphatic carbocycles. The van der Waals surface area contributed by atoms with E-state index in [1.54, 1.807) is 6.20 Å². The van der Waals surface area contributed by atoms with Gasteiger partial charge in [-0.15, -0.1) is 0 Å². The minimum absolute atomic E-state index is 0.0590. The molecule has 0 atom stereocenters. The Kier molecular flexibility index (Phi) is 4.23. The van der Waals surface area contributed by atoms with Crippen molar-refractivity contribution in [1.82, 2.24) is 9.38 Å². The first-order valence-electron chi connectivity index (χ1n) is 7.90. The van der Waals surface area contributed by atoms with Crippen LogP contribution in [0, 0.1) is 6.92 Å². The van der Waals surface area contributed by atoms with Gasteiger partial charge >= 0.3 is 5.97 Å². The minimum atomic E-state index is -0.288. The van der Waals surface area contributed by atoms with Gasteiger partial charge in [0.1, 0.15) is 11.8 Å². The van der Waals surface area contributed by atoms with Crippen molar-refractivity contribution >= 4 is 11.6 Å². The predicted octanol–water partition coefficient (Wildman–Crippen LogP) is 3.91. The average molecular weight is 286 g/mol. The van der Waals surface area contributed by atoms with E-state index in [2.05, 4.69) is 4.98 Å². The summed E-state index contributed by atoms with van der Waals surface area (Å²) < 4.78 is 7.59. The van der Waals surface area contributed by atoms with Gasteiger partial charge in [-0.05, 0) is 44.7 Å². The second-order valence-electron chi connectivity index (χ2n) is 5.89. The lowest BCUT2D eigenvalue weighted by atomic mass is 9.98. The molecule has 1 fully saturated rings. The third-order valence-electron chi connectivity index (χ3n) is 4.23. The zero-order valence-electron chi connectivity index (χ0n) is 12.5. The number of hydrogen-bond acceptors (Lipinski definition) is 3. The van der Waals surface area contributed by atoms with E-state index in [0.29, 0.717) is 5.69 Å². The maximum atomic E-state index is 12.3. The Hall–Kier alpha value is -1.84. The molecule has 0 amide bonds. The Morgan fingerprint density at radius 1 is 1.19 bits per heavy atom. The van der Waals surface area contributed by atoms with Gasteiger partial charge in [-0.2, -0.15) is 0 Å². The van der Waals surface area contributed by atoms with Gasteiger partial charge in [-0.25, -0.2) is 9.78 Å². The van der Waals surface area contributed by atoms with Crippen LogP contribution in [0.25, 0.3) is 5.65 Å². The summed E-state index contributed by atoms with van der Waals surface area (Å²) in [4.78, 5) is 16.7. The number of ether oxygens (including phenoxy) is 1. The summed E-state index contributed by atoms with van der Waals surface area (Å²) in [6, 6.07) is 5.85. The highest BCUT2D eigenvalue weighted by molar-refractivity contribution is 5.88. The van der Waals surface area contributed by atoms with Gasteiger partial charge in [0.25, 0.3) is 0 Å². The number of carbonyl (C=O) groups excluding carboxylic acids is 1. The van der Waals surface area contributed by atoms with Crippen molar-refractivity contribution in [1.29, 1.82) is 0 Å². The number of aromatic nitrogens is 2. The molecule has 0 spiro atoms. The van der Waals surface area contributed by atoms with Crippen LogP contribution in [0.1, 0.15) is 61.1 Å². The number of fused-ring (bicyclic) bond motifs is 1. The minimum Gasteiger partial charge on any atom is -0.458 e. The number of nitrogens with zero attached hydrogens (tertiary/aromatic N) is 2. The first-order valence-corrected chi connectivity index (χ1v) is 7.90. The molecule has 0 saturated heterocycles. The summed E-state index contributed by atoms with van der Waals surface area (Å²) in [5.74, 6) is -0.288. The van der Waals surface area contributed by atoms with Crippen LogP contribution >= 0.6 is 0 Å². The van der Waals surface area contributed by atoms with Gasteiger partial charge in [-0.3, -0.25) is 0 Å². The van der Waals surface area contributed by atoms with Crippen molar-refractivity contribution in [3.05, 3.63) is 35.8 Å². The van der Waals surface area contributed by atoms with Crippen molar-refractivity contribution in [3.63, 3.8) is 0 Å². The van der Waals surface area contributed by atoms with Crippen LogP contribution in [0.4, 0.5) is 0 Å². The molecule has 21 heavy (non-hydrogen) atoms. The molecule has 0 aromatic carbocycles. The number of rotatable bonds is 2. The van der Waals surface area contributed by atoms with Crippen LogP contribution in [0.5, 0.6) is 0 Å². The molecule has 0 radical (unpaired) electrons. The summed E-state index contributed by atoms with van der Waals surface area (Å²) in [6.45, 7) is 2.00. The second-order valence-corrected chi connectivity index (χ2v) is 5.89. The van der Waals surface area contributed by atoms with Crippen molar-refractivity contribution < 1.29 is 9.53 Å². The number of esters is 1. The van der Waals surface area contributed by atoms with E-state index < -0.39 is 0 Å². The molecule has 4 nitrogen and oxygen atoms in total. The van der Waals surface area contributed by atoms with Crippen LogP contribution in [0.15, 0.2) is 24.4 Å². The second kappa shape index (κ2) is 6.29. The topological polar surface area (TPSA) is 43.6 Å². The van der Waals surface area contributed by atoms with Gasteiger partial charge in [0.05, 0.1) is 0 Å². The van der Waals surface area contributed by atoms with Gasteiger partial charge < -0.3 is 9.14 Å². The fraction of sp³-hybridized carbons (Fsp3) is 0.529. The fourth-order valence-corrected chi connectivity index (χ4v) is 3.00. The molecule has 112 valence electrons. The molecule has 0 bridgehead atoms. The molecule has 1 saturated carbocycles. The number of hydrogen-bond donors (Lipinski definition) is 0. The third kappa shape index (κ3) is 3.26. The zero-order valence-corrected chi connectivity index (χ0v) is 12.5. The van der Waals surface area contributed by atoms with Gasteiger partial charge in [0, 0.05) is 11.9 Å². The SMILES string of the molecule is Cc1cccc2nc(C(=O)OC3CCCCCCC3)cn12. The lowest BCUT2D eigenvalue weighted by Crippen LogP contribution is -2.19. The smallest absolute Gasteiger partial charge is 0.358 e. The van der Waals surface area contributed by atoms with Crippen LogP contribution in [-0.2, 0) is 4.74 Å². The summed E-state index contributed by atoms with van der Waals surface area (Å²) in [7, 11) is 0. The van der Waals surface area contributed by atoms with Crippen molar-refractivity contribution in [2.75, 3.05) is 0 Å². The highest BCUT2D eigenvalue weighted by atomic mass is 16.5. The summed E-state index contributed by atoms with van der Waals surface area (Å²) >= 11 is 0. The van der Waals surface area contributed by atoms with Crippen LogP contribution in [0.3, 0.4) is 0 Å². The van der Waals surface area contributed by atoms with Crippen LogP contribution in [0.2, 0.25) is 0 Å². The molecule has 2 heterocycles. The number of imidazole rings is 1. The first-order chi connectivity index (χ1) is 10.2. The Morgan fingerprint density at radius 2 is 1.90 bits per heavy atom. The predicted molar refractivity (Wildman–Crippen MR) is 81.5 cm³/mol. The number of carbonyl (C=O) groups is 1. The van der Waals surface area contributed by atoms with E-state index in [0.717, 1.165) is 37.0 Å². The van der Waals surface area contributed by atoms with E-state index in [1.807, 2.05) is 29.5 Å². The lowest BCUT2D eigenvalue weighted by molar-refractivity contribution is 0.0233. The van der Waals surface area contributed by atoms with Crippen LogP contribution in [-0.4, -0.2) is 21.5 Å². The highest BCUT2D eigenvalue weighted by Gasteiger charge is 2.19. The van der Waals surface area contributed by atoms with Gasteiger partial charge in [-0.1, -0.05) is 25.3 Å². The monoisotopic (exact) mass is 286 g/mol. The quantitative estimate of drug-likeness (QED) is 0.786. The van der Waals surface area contributed by atoms with E-state index in [-0.39, 0.29) is 12.1 Å². The van der Waals surface area contributed by atoms with Crippen molar-refractivity contribution in [2.24, 2.45) is 0 Å². The normalized spacial score (nSPS) is 17.4. The molecule has 0 N–H and O–H groups in total. The third-order valence-corrected chi connectivity index (χ3v) is 4.23. The molecule has 2 aromatic heterocycles. The van der Waals surface area contributed by atoms with E-state index in [1.165, 1.54) is 19.3 Å². The first kappa shape index (κ1) is 14.1. The molecular formula is C17H22N2O2. The molecule has 3 rings (SSSR count). The fourth-order valence-electron chi connectivity index (χ4n) is 3.00. The number of aryl methyl sites for hydroxylation is 1. The van der Waals surface area contributed by atoms with Crippen molar-refractivity contribution in [3.8, 4) is 0 Å². The average Bonchev–Trinajstić information content (AvgIpc) is 2.87. The van der Waals surface area contributed by atoms with E-state index >= 15 is 0 Å². The molecule has 2 aromatic rings. The highest BCUT2D eigenvalue weighted by Crippen LogP contribution is 2.20. The van der Waals surface area contributed by atoms with E-state index in [4.69, 9.17) is 4.74 Å². The largest absolute Gasteiger partial charge is 0.458 e. The maximum absolute atomic E-state index is 12.3. The number of pyridine rings is 1. The summed E-state index contributed by atoms with van der Waals surface area (Å²) in [6.07, 6.45) is 9.93. The Balaban J connectivity index is 1.72. The van der Waals surface area contributed by atoms with Crippen LogP contribution < -0.4 is 0 Å². The maximum Gasteiger partial charge on any atom is 0.358 e. The molecule has 0 unspecified atom stereocenters. The Labute approximate surface area is 125 Å². The molecule has 0 aliphatic heterocycles. The standard InChI is InChI=1S/C17H22N2O2/c1-13-8-7-11-16-18-15(12-19(13)16)17(20)21-14-9-5-3-2-4-6-10-14/h7-8,11-12,14H,2-6,9-10H2,1H3. The zero-order chi connectivity index (χ0) is 14.7.